The Morgan fingerprint density at radius 1 is 1.44 bits per heavy atom. The average molecular weight is 254 g/mol. The van der Waals surface area contributed by atoms with Crippen molar-refractivity contribution in [3.8, 4) is 0 Å². The summed E-state index contributed by atoms with van der Waals surface area (Å²) < 4.78 is 24.6. The molecular weight excluding hydrogens is 239 g/mol. The van der Waals surface area contributed by atoms with Gasteiger partial charge in [-0.15, -0.1) is 0 Å². The van der Waals surface area contributed by atoms with Crippen molar-refractivity contribution < 1.29 is 23.8 Å². The summed E-state index contributed by atoms with van der Waals surface area (Å²) in [5.41, 5.74) is 0.160. The van der Waals surface area contributed by atoms with Crippen molar-refractivity contribution in [3.63, 3.8) is 0 Å². The van der Waals surface area contributed by atoms with Gasteiger partial charge in [-0.05, 0) is 18.6 Å². The van der Waals surface area contributed by atoms with E-state index in [0.29, 0.717) is 19.1 Å². The fourth-order valence-electron chi connectivity index (χ4n) is 1.81. The molecule has 1 saturated heterocycles. The summed E-state index contributed by atoms with van der Waals surface area (Å²) in [4.78, 5) is 10.7. The zero-order chi connectivity index (χ0) is 13.1. The molecule has 0 unspecified atom stereocenters. The van der Waals surface area contributed by atoms with E-state index in [0.717, 1.165) is 12.5 Å². The third-order valence-electron chi connectivity index (χ3n) is 3.05. The molecule has 98 valence electrons. The summed E-state index contributed by atoms with van der Waals surface area (Å²) in [7, 11) is 0. The number of hydrogen-bond acceptors (Lipinski definition) is 3. The van der Waals surface area contributed by atoms with Crippen LogP contribution in [0, 0.1) is 11.7 Å². The van der Waals surface area contributed by atoms with E-state index in [9.17, 15) is 9.18 Å². The van der Waals surface area contributed by atoms with Crippen molar-refractivity contribution in [2.75, 3.05) is 13.2 Å². The largest absolute Gasteiger partial charge is 0.478 e. The molecule has 1 aromatic rings. The van der Waals surface area contributed by atoms with Crippen LogP contribution >= 0.6 is 0 Å². The summed E-state index contributed by atoms with van der Waals surface area (Å²) in [6.45, 7) is 3.10. The molecule has 0 aromatic heterocycles. The SMILES string of the molecule is CCC1COC(c2ccc(C(=O)O)cc2F)OC1. The van der Waals surface area contributed by atoms with Crippen LogP contribution in [0.2, 0.25) is 0 Å². The second-order valence-electron chi connectivity index (χ2n) is 4.31. The molecule has 0 radical (unpaired) electrons. The third-order valence-corrected chi connectivity index (χ3v) is 3.05. The lowest BCUT2D eigenvalue weighted by molar-refractivity contribution is -0.206. The number of benzene rings is 1. The Bertz CT molecular complexity index is 439. The van der Waals surface area contributed by atoms with Crippen LogP contribution in [0.25, 0.3) is 0 Å². The Morgan fingerprint density at radius 2 is 2.11 bits per heavy atom. The first kappa shape index (κ1) is 13.0. The molecule has 0 amide bonds. The second kappa shape index (κ2) is 5.46. The van der Waals surface area contributed by atoms with Gasteiger partial charge in [0, 0.05) is 11.5 Å². The number of carboxylic acid groups (broad SMARTS) is 1. The van der Waals surface area contributed by atoms with E-state index in [-0.39, 0.29) is 11.1 Å². The van der Waals surface area contributed by atoms with Crippen LogP contribution in [-0.4, -0.2) is 24.3 Å². The van der Waals surface area contributed by atoms with Gasteiger partial charge >= 0.3 is 5.97 Å². The molecule has 1 aromatic carbocycles. The number of ether oxygens (including phenoxy) is 2. The summed E-state index contributed by atoms with van der Waals surface area (Å²) in [5, 5.41) is 8.75. The highest BCUT2D eigenvalue weighted by Gasteiger charge is 2.25. The van der Waals surface area contributed by atoms with Gasteiger partial charge in [-0.1, -0.05) is 13.0 Å². The van der Waals surface area contributed by atoms with Crippen molar-refractivity contribution in [3.05, 3.63) is 35.1 Å². The maximum Gasteiger partial charge on any atom is 0.335 e. The first-order valence-electron chi connectivity index (χ1n) is 5.87. The van der Waals surface area contributed by atoms with Gasteiger partial charge in [-0.25, -0.2) is 9.18 Å². The van der Waals surface area contributed by atoms with E-state index >= 15 is 0 Å². The molecule has 1 N–H and O–H groups in total. The Balaban J connectivity index is 2.12. The van der Waals surface area contributed by atoms with E-state index in [1.54, 1.807) is 0 Å². The van der Waals surface area contributed by atoms with Gasteiger partial charge in [0.2, 0.25) is 0 Å². The van der Waals surface area contributed by atoms with Crippen LogP contribution < -0.4 is 0 Å². The Labute approximate surface area is 104 Å². The average Bonchev–Trinajstić information content (AvgIpc) is 2.38. The van der Waals surface area contributed by atoms with E-state index in [2.05, 4.69) is 0 Å². The highest BCUT2D eigenvalue weighted by Crippen LogP contribution is 2.28. The van der Waals surface area contributed by atoms with Crippen LogP contribution in [0.1, 0.15) is 35.6 Å². The molecule has 5 heteroatoms. The molecular formula is C13H15FO4. The maximum absolute atomic E-state index is 13.8. The highest BCUT2D eigenvalue weighted by molar-refractivity contribution is 5.87. The van der Waals surface area contributed by atoms with E-state index in [4.69, 9.17) is 14.6 Å². The van der Waals surface area contributed by atoms with Crippen molar-refractivity contribution in [1.82, 2.24) is 0 Å². The minimum Gasteiger partial charge on any atom is -0.478 e. The van der Waals surface area contributed by atoms with Gasteiger partial charge in [-0.2, -0.15) is 0 Å². The number of aromatic carboxylic acids is 1. The van der Waals surface area contributed by atoms with E-state index in [1.165, 1.54) is 12.1 Å². The molecule has 4 nitrogen and oxygen atoms in total. The second-order valence-corrected chi connectivity index (χ2v) is 4.31. The Kier molecular flexibility index (Phi) is 3.93. The van der Waals surface area contributed by atoms with Crippen LogP contribution in [0.4, 0.5) is 4.39 Å². The topological polar surface area (TPSA) is 55.8 Å². The molecule has 0 saturated carbocycles. The van der Waals surface area contributed by atoms with Crippen LogP contribution in [-0.2, 0) is 9.47 Å². The number of carbonyl (C=O) groups is 1. The van der Waals surface area contributed by atoms with Gasteiger partial charge in [-0.3, -0.25) is 0 Å². The lowest BCUT2D eigenvalue weighted by Gasteiger charge is -2.29. The fraction of sp³-hybridized carbons (Fsp3) is 0.462. The van der Waals surface area contributed by atoms with Gasteiger partial charge in [0.05, 0.1) is 18.8 Å². The molecule has 0 bridgehead atoms. The zero-order valence-corrected chi connectivity index (χ0v) is 10.1. The molecule has 18 heavy (non-hydrogen) atoms. The highest BCUT2D eigenvalue weighted by atomic mass is 19.1. The number of halogens is 1. The van der Waals surface area contributed by atoms with Gasteiger partial charge in [0.15, 0.2) is 6.29 Å². The minimum absolute atomic E-state index is 0.0847. The third kappa shape index (κ3) is 2.68. The van der Waals surface area contributed by atoms with Crippen LogP contribution in [0.5, 0.6) is 0 Å². The van der Waals surface area contributed by atoms with Gasteiger partial charge < -0.3 is 14.6 Å². The molecule has 1 aliphatic heterocycles. The summed E-state index contributed by atoms with van der Waals surface area (Å²) in [6.07, 6.45) is 0.211. The molecule has 2 rings (SSSR count). The molecule has 1 aliphatic rings. The Morgan fingerprint density at radius 3 is 2.61 bits per heavy atom. The monoisotopic (exact) mass is 254 g/mol. The molecule has 0 atom stereocenters. The van der Waals surface area contributed by atoms with Gasteiger partial charge in [0.25, 0.3) is 0 Å². The van der Waals surface area contributed by atoms with Crippen LogP contribution in [0.3, 0.4) is 0 Å². The lowest BCUT2D eigenvalue weighted by Crippen LogP contribution is -2.27. The van der Waals surface area contributed by atoms with Crippen molar-refractivity contribution >= 4 is 5.97 Å². The summed E-state index contributed by atoms with van der Waals surface area (Å²) in [6, 6.07) is 3.73. The number of hydrogen-bond donors (Lipinski definition) is 1. The van der Waals surface area contributed by atoms with Crippen LogP contribution in [0.15, 0.2) is 18.2 Å². The first-order valence-corrected chi connectivity index (χ1v) is 5.87. The number of carboxylic acids is 1. The lowest BCUT2D eigenvalue weighted by atomic mass is 10.1. The molecule has 0 aliphatic carbocycles. The molecule has 1 heterocycles. The number of rotatable bonds is 3. The van der Waals surface area contributed by atoms with Crippen molar-refractivity contribution in [1.29, 1.82) is 0 Å². The summed E-state index contributed by atoms with van der Waals surface area (Å²) in [5.74, 6) is -1.44. The molecule has 0 spiro atoms. The van der Waals surface area contributed by atoms with E-state index in [1.807, 2.05) is 6.92 Å². The quantitative estimate of drug-likeness (QED) is 0.900. The standard InChI is InChI=1S/C13H15FO4/c1-2-8-6-17-13(18-7-8)10-4-3-9(12(15)16)5-11(10)14/h3-5,8,13H,2,6-7H2,1H3,(H,15,16). The maximum atomic E-state index is 13.8. The minimum atomic E-state index is -1.16. The zero-order valence-electron chi connectivity index (χ0n) is 10.1. The Hall–Kier alpha value is -1.46. The smallest absolute Gasteiger partial charge is 0.335 e. The first-order chi connectivity index (χ1) is 8.61. The normalized spacial score (nSPS) is 23.9. The molecule has 1 fully saturated rings. The van der Waals surface area contributed by atoms with E-state index < -0.39 is 18.1 Å². The van der Waals surface area contributed by atoms with Gasteiger partial charge in [0.1, 0.15) is 5.82 Å². The van der Waals surface area contributed by atoms with Crippen molar-refractivity contribution in [2.45, 2.75) is 19.6 Å². The summed E-state index contributed by atoms with van der Waals surface area (Å²) >= 11 is 0. The fourth-order valence-corrected chi connectivity index (χ4v) is 1.81. The predicted octanol–water partition coefficient (Wildman–Crippen LogP) is 2.60. The van der Waals surface area contributed by atoms with Crippen molar-refractivity contribution in [2.24, 2.45) is 5.92 Å². The predicted molar refractivity (Wildman–Crippen MR) is 61.8 cm³/mol.